The molecule has 0 saturated heterocycles. The van der Waals surface area contributed by atoms with Gasteiger partial charge in [-0.25, -0.2) is 0 Å². The summed E-state index contributed by atoms with van der Waals surface area (Å²) >= 11 is 3.43. The molecule has 1 fully saturated rings. The van der Waals surface area contributed by atoms with E-state index in [0.29, 0.717) is 19.4 Å². The first kappa shape index (κ1) is 15.8. The van der Waals surface area contributed by atoms with Crippen molar-refractivity contribution in [3.05, 3.63) is 16.4 Å². The van der Waals surface area contributed by atoms with Gasteiger partial charge in [0.15, 0.2) is 0 Å². The Hall–Kier alpha value is -0.560. The largest absolute Gasteiger partial charge is 0.391 e. The zero-order valence-electron chi connectivity index (χ0n) is 11.3. The van der Waals surface area contributed by atoms with Gasteiger partial charge in [0, 0.05) is 6.54 Å². The van der Waals surface area contributed by atoms with E-state index >= 15 is 0 Å². The molecular weight excluding hydrogens is 335 g/mol. The monoisotopic (exact) mass is 353 g/mol. The number of aryl methyl sites for hydroxylation is 1. The molecule has 1 aromatic heterocycles. The topological polar surface area (TPSA) is 43.8 Å². The van der Waals surface area contributed by atoms with Crippen molar-refractivity contribution in [1.82, 2.24) is 9.78 Å². The van der Waals surface area contributed by atoms with E-state index in [0.717, 1.165) is 10.2 Å². The lowest BCUT2D eigenvalue weighted by molar-refractivity contribution is -0.184. The van der Waals surface area contributed by atoms with Gasteiger partial charge in [-0.1, -0.05) is 0 Å². The molecule has 0 aliphatic heterocycles. The summed E-state index contributed by atoms with van der Waals surface area (Å²) in [4.78, 5) is 0. The molecule has 0 radical (unpaired) electrons. The minimum absolute atomic E-state index is 0.0897. The zero-order valence-corrected chi connectivity index (χ0v) is 12.9. The van der Waals surface area contributed by atoms with Crippen LogP contribution in [0.5, 0.6) is 0 Å². The number of aromatic nitrogens is 2. The molecular formula is C13H19BrF3N3. The highest BCUT2D eigenvalue weighted by molar-refractivity contribution is 9.10. The van der Waals surface area contributed by atoms with E-state index < -0.39 is 12.1 Å². The summed E-state index contributed by atoms with van der Waals surface area (Å²) < 4.78 is 40.7. The first-order valence-electron chi connectivity index (χ1n) is 6.88. The molecule has 114 valence electrons. The maximum Gasteiger partial charge on any atom is 0.391 e. The molecule has 2 rings (SSSR count). The molecule has 0 aromatic carbocycles. The average Bonchev–Trinajstić information content (AvgIpc) is 2.78. The van der Waals surface area contributed by atoms with Crippen molar-refractivity contribution in [3.63, 3.8) is 0 Å². The predicted octanol–water partition coefficient (Wildman–Crippen LogP) is 4.03. The normalized spacial score (nSPS) is 25.7. The van der Waals surface area contributed by atoms with Gasteiger partial charge >= 0.3 is 6.18 Å². The fraction of sp³-hybridized carbons (Fsp3) is 0.769. The van der Waals surface area contributed by atoms with E-state index in [1.807, 2.05) is 11.6 Å². The standard InChI is InChI=1S/C13H19BrF3N3/c1-2-20-12(10(14)7-19-20)11(18)8-3-5-9(6-4-8)13(15,16)17/h7-9,11H,2-6,18H2,1H3. The maximum atomic E-state index is 12.7. The number of hydrogen-bond donors (Lipinski definition) is 1. The molecule has 0 spiro atoms. The fourth-order valence-corrected chi connectivity index (χ4v) is 3.54. The minimum atomic E-state index is -4.07. The highest BCUT2D eigenvalue weighted by Crippen LogP contribution is 2.43. The first-order chi connectivity index (χ1) is 9.34. The summed E-state index contributed by atoms with van der Waals surface area (Å²) in [5.74, 6) is -1.07. The van der Waals surface area contributed by atoms with Gasteiger partial charge in [-0.3, -0.25) is 4.68 Å². The van der Waals surface area contributed by atoms with Gasteiger partial charge in [0.1, 0.15) is 0 Å². The third kappa shape index (κ3) is 3.19. The van der Waals surface area contributed by atoms with Gasteiger partial charge in [0.2, 0.25) is 0 Å². The maximum absolute atomic E-state index is 12.7. The molecule has 7 heteroatoms. The molecule has 1 aromatic rings. The average molecular weight is 354 g/mol. The zero-order chi connectivity index (χ0) is 14.9. The van der Waals surface area contributed by atoms with Crippen molar-refractivity contribution < 1.29 is 13.2 Å². The fourth-order valence-electron chi connectivity index (χ4n) is 2.98. The Morgan fingerprint density at radius 1 is 1.40 bits per heavy atom. The van der Waals surface area contributed by atoms with Gasteiger partial charge in [-0.15, -0.1) is 0 Å². The Morgan fingerprint density at radius 3 is 2.50 bits per heavy atom. The summed E-state index contributed by atoms with van der Waals surface area (Å²) in [6.45, 7) is 2.67. The Balaban J connectivity index is 2.05. The lowest BCUT2D eigenvalue weighted by Gasteiger charge is -2.33. The van der Waals surface area contributed by atoms with Crippen LogP contribution in [0.4, 0.5) is 13.2 Å². The second-order valence-corrected chi connectivity index (χ2v) is 6.23. The van der Waals surface area contributed by atoms with Crippen LogP contribution in [0.15, 0.2) is 10.7 Å². The van der Waals surface area contributed by atoms with Crippen LogP contribution in [0.25, 0.3) is 0 Å². The number of hydrogen-bond acceptors (Lipinski definition) is 2. The molecule has 0 amide bonds. The minimum Gasteiger partial charge on any atom is -0.322 e. The number of halogens is 4. The van der Waals surface area contributed by atoms with E-state index in [-0.39, 0.29) is 24.8 Å². The van der Waals surface area contributed by atoms with Crippen molar-refractivity contribution in [3.8, 4) is 0 Å². The molecule has 1 aliphatic rings. The molecule has 2 N–H and O–H groups in total. The van der Waals surface area contributed by atoms with Crippen LogP contribution < -0.4 is 5.73 Å². The van der Waals surface area contributed by atoms with Crippen LogP contribution in [0.3, 0.4) is 0 Å². The van der Waals surface area contributed by atoms with Gasteiger partial charge in [0.25, 0.3) is 0 Å². The van der Waals surface area contributed by atoms with E-state index in [1.54, 1.807) is 6.20 Å². The van der Waals surface area contributed by atoms with Crippen LogP contribution in [0.1, 0.15) is 44.3 Å². The summed E-state index contributed by atoms with van der Waals surface area (Å²) in [6.07, 6.45) is -0.972. The smallest absolute Gasteiger partial charge is 0.322 e. The molecule has 1 saturated carbocycles. The molecule has 1 unspecified atom stereocenters. The highest BCUT2D eigenvalue weighted by atomic mass is 79.9. The number of rotatable bonds is 3. The van der Waals surface area contributed by atoms with Crippen LogP contribution in [-0.4, -0.2) is 16.0 Å². The SMILES string of the molecule is CCn1ncc(Br)c1C(N)C1CCC(C(F)(F)F)CC1. The molecule has 1 atom stereocenters. The van der Waals surface area contributed by atoms with Crippen molar-refractivity contribution in [2.24, 2.45) is 17.6 Å². The first-order valence-corrected chi connectivity index (χ1v) is 7.67. The Bertz CT molecular complexity index is 450. The molecule has 20 heavy (non-hydrogen) atoms. The van der Waals surface area contributed by atoms with Gasteiger partial charge in [0.05, 0.1) is 28.3 Å². The van der Waals surface area contributed by atoms with Crippen LogP contribution >= 0.6 is 15.9 Å². The van der Waals surface area contributed by atoms with E-state index in [9.17, 15) is 13.2 Å². The van der Waals surface area contributed by atoms with Crippen molar-refractivity contribution in [1.29, 1.82) is 0 Å². The highest BCUT2D eigenvalue weighted by Gasteiger charge is 2.42. The van der Waals surface area contributed by atoms with Gasteiger partial charge < -0.3 is 5.73 Å². The van der Waals surface area contributed by atoms with Gasteiger partial charge in [-0.2, -0.15) is 18.3 Å². The van der Waals surface area contributed by atoms with Crippen molar-refractivity contribution >= 4 is 15.9 Å². The van der Waals surface area contributed by atoms with E-state index in [2.05, 4.69) is 21.0 Å². The summed E-state index contributed by atoms with van der Waals surface area (Å²) in [7, 11) is 0. The molecule has 3 nitrogen and oxygen atoms in total. The number of alkyl halides is 3. The lowest BCUT2D eigenvalue weighted by atomic mass is 9.77. The van der Waals surface area contributed by atoms with Crippen LogP contribution in [-0.2, 0) is 6.54 Å². The molecule has 1 aliphatic carbocycles. The quantitative estimate of drug-likeness (QED) is 0.891. The third-order valence-electron chi connectivity index (χ3n) is 4.19. The Kier molecular flexibility index (Phi) is 4.79. The van der Waals surface area contributed by atoms with E-state index in [4.69, 9.17) is 5.73 Å². The Labute approximate surface area is 124 Å². The van der Waals surface area contributed by atoms with E-state index in [1.165, 1.54) is 0 Å². The second kappa shape index (κ2) is 6.05. The third-order valence-corrected chi connectivity index (χ3v) is 4.80. The molecule has 0 bridgehead atoms. The summed E-state index contributed by atoms with van der Waals surface area (Å²) in [5.41, 5.74) is 7.17. The van der Waals surface area contributed by atoms with Crippen molar-refractivity contribution in [2.75, 3.05) is 0 Å². The predicted molar refractivity (Wildman–Crippen MR) is 74.0 cm³/mol. The van der Waals surface area contributed by atoms with Crippen molar-refractivity contribution in [2.45, 2.75) is 51.4 Å². The number of nitrogens with zero attached hydrogens (tertiary/aromatic N) is 2. The van der Waals surface area contributed by atoms with Crippen LogP contribution in [0.2, 0.25) is 0 Å². The molecule has 1 heterocycles. The lowest BCUT2D eigenvalue weighted by Crippen LogP contribution is -2.32. The Morgan fingerprint density at radius 2 is 2.00 bits per heavy atom. The summed E-state index contributed by atoms with van der Waals surface area (Å²) in [6, 6.07) is -0.263. The summed E-state index contributed by atoms with van der Waals surface area (Å²) in [5, 5.41) is 4.21. The van der Waals surface area contributed by atoms with Crippen LogP contribution in [0, 0.1) is 11.8 Å². The second-order valence-electron chi connectivity index (χ2n) is 5.37. The number of nitrogens with two attached hydrogens (primary N) is 1. The van der Waals surface area contributed by atoms with Gasteiger partial charge in [-0.05, 0) is 54.5 Å².